The average Bonchev–Trinajstić information content (AvgIpc) is 3.20. The summed E-state index contributed by atoms with van der Waals surface area (Å²) in [6.07, 6.45) is 3.62. The van der Waals surface area contributed by atoms with Crippen LogP contribution in [-0.4, -0.2) is 70.0 Å². The molecule has 152 valence electrons. The molecule has 0 spiro atoms. The van der Waals surface area contributed by atoms with Crippen LogP contribution in [0.3, 0.4) is 0 Å². The maximum Gasteiger partial charge on any atom is 0.191 e. The Balaban J connectivity index is 1.54. The van der Waals surface area contributed by atoms with Gasteiger partial charge >= 0.3 is 0 Å². The molecule has 2 unspecified atom stereocenters. The van der Waals surface area contributed by atoms with E-state index in [1.54, 1.807) is 7.05 Å². The van der Waals surface area contributed by atoms with Crippen LogP contribution in [0.1, 0.15) is 31.7 Å². The molecule has 1 saturated heterocycles. The number of benzene rings is 1. The predicted octanol–water partition coefficient (Wildman–Crippen LogP) is 2.26. The minimum atomic E-state index is 0.289. The molecule has 6 nitrogen and oxygen atoms in total. The van der Waals surface area contributed by atoms with Crippen LogP contribution in [0.15, 0.2) is 35.3 Å². The molecule has 0 radical (unpaired) electrons. The van der Waals surface area contributed by atoms with E-state index < -0.39 is 0 Å². The molecule has 2 rings (SSSR count). The topological polar surface area (TPSA) is 58.1 Å². The molecule has 1 aromatic rings. The number of nitrogens with zero attached hydrogens (tertiary/aromatic N) is 2. The van der Waals surface area contributed by atoms with Crippen molar-refractivity contribution < 1.29 is 9.47 Å². The Labute approximate surface area is 164 Å². The average molecular weight is 377 g/mol. The second kappa shape index (κ2) is 12.7. The summed E-state index contributed by atoms with van der Waals surface area (Å²) < 4.78 is 11.2. The van der Waals surface area contributed by atoms with Gasteiger partial charge in [-0.05, 0) is 38.8 Å². The van der Waals surface area contributed by atoms with Gasteiger partial charge in [0.25, 0.3) is 0 Å². The van der Waals surface area contributed by atoms with Crippen LogP contribution in [0.25, 0.3) is 0 Å². The molecule has 1 heterocycles. The number of ether oxygens (including phenoxy) is 2. The lowest BCUT2D eigenvalue weighted by molar-refractivity contribution is 0.0191. The quantitative estimate of drug-likeness (QED) is 0.352. The molecule has 27 heavy (non-hydrogen) atoms. The van der Waals surface area contributed by atoms with Gasteiger partial charge in [-0.2, -0.15) is 0 Å². The van der Waals surface area contributed by atoms with Gasteiger partial charge in [0, 0.05) is 39.3 Å². The van der Waals surface area contributed by atoms with Gasteiger partial charge in [-0.25, -0.2) is 0 Å². The molecule has 0 aliphatic carbocycles. The van der Waals surface area contributed by atoms with E-state index in [1.165, 1.54) is 5.56 Å². The van der Waals surface area contributed by atoms with Gasteiger partial charge in [-0.15, -0.1) is 0 Å². The molecule has 6 heteroatoms. The van der Waals surface area contributed by atoms with E-state index in [9.17, 15) is 0 Å². The summed E-state index contributed by atoms with van der Waals surface area (Å²) in [4.78, 5) is 6.65. The molecular formula is C21H36N4O2. The van der Waals surface area contributed by atoms with E-state index in [2.05, 4.69) is 64.8 Å². The Morgan fingerprint density at radius 2 is 2.07 bits per heavy atom. The summed E-state index contributed by atoms with van der Waals surface area (Å²) in [5.74, 6) is 0.827. The number of hydrogen-bond acceptors (Lipinski definition) is 4. The summed E-state index contributed by atoms with van der Waals surface area (Å²) in [5.41, 5.74) is 1.35. The van der Waals surface area contributed by atoms with Crippen LogP contribution >= 0.6 is 0 Å². The highest BCUT2D eigenvalue weighted by Crippen LogP contribution is 2.11. The fourth-order valence-corrected chi connectivity index (χ4v) is 3.10. The molecule has 2 N–H and O–H groups in total. The van der Waals surface area contributed by atoms with E-state index in [1.807, 2.05) is 0 Å². The normalized spacial score (nSPS) is 18.7. The van der Waals surface area contributed by atoms with Gasteiger partial charge in [-0.1, -0.05) is 30.3 Å². The predicted molar refractivity (Wildman–Crippen MR) is 111 cm³/mol. The number of nitrogens with one attached hydrogen (secondary N) is 2. The molecule has 0 aromatic heterocycles. The van der Waals surface area contributed by atoms with Crippen LogP contribution in [0, 0.1) is 0 Å². The standard InChI is InChI=1S/C21H36N4O2/c1-18(25(3)16-19-8-5-4-6-9-19)11-12-23-21(22-2)24-13-15-26-17-20-10-7-14-27-20/h4-6,8-9,18,20H,7,10-17H2,1-3H3,(H2,22,23,24). The fraction of sp³-hybridized carbons (Fsp3) is 0.667. The van der Waals surface area contributed by atoms with Crippen molar-refractivity contribution in [1.82, 2.24) is 15.5 Å². The summed E-state index contributed by atoms with van der Waals surface area (Å²) in [6.45, 7) is 7.10. The molecule has 2 atom stereocenters. The van der Waals surface area contributed by atoms with Gasteiger partial charge in [0.15, 0.2) is 5.96 Å². The van der Waals surface area contributed by atoms with Crippen molar-refractivity contribution >= 4 is 5.96 Å². The van der Waals surface area contributed by atoms with Crippen molar-refractivity contribution in [3.63, 3.8) is 0 Å². The monoisotopic (exact) mass is 376 g/mol. The number of rotatable bonds is 11. The van der Waals surface area contributed by atoms with Crippen LogP contribution in [0.2, 0.25) is 0 Å². The van der Waals surface area contributed by atoms with Crippen molar-refractivity contribution in [2.75, 3.05) is 47.0 Å². The van der Waals surface area contributed by atoms with Crippen molar-refractivity contribution in [2.24, 2.45) is 4.99 Å². The number of aliphatic imine (C=N–C) groups is 1. The van der Waals surface area contributed by atoms with Gasteiger partial charge in [0.05, 0.1) is 19.3 Å². The maximum atomic E-state index is 5.67. The first-order valence-electron chi connectivity index (χ1n) is 10.1. The third-order valence-electron chi connectivity index (χ3n) is 4.97. The Bertz CT molecular complexity index is 532. The highest BCUT2D eigenvalue weighted by atomic mass is 16.5. The van der Waals surface area contributed by atoms with Gasteiger partial charge < -0.3 is 20.1 Å². The van der Waals surface area contributed by atoms with E-state index in [-0.39, 0.29) is 6.10 Å². The summed E-state index contributed by atoms with van der Waals surface area (Å²) >= 11 is 0. The first kappa shape index (κ1) is 21.7. The summed E-state index contributed by atoms with van der Waals surface area (Å²) in [5, 5.41) is 6.68. The van der Waals surface area contributed by atoms with Crippen molar-refractivity contribution in [1.29, 1.82) is 0 Å². The minimum Gasteiger partial charge on any atom is -0.377 e. The molecule has 1 aliphatic rings. The largest absolute Gasteiger partial charge is 0.377 e. The fourth-order valence-electron chi connectivity index (χ4n) is 3.10. The summed E-state index contributed by atoms with van der Waals surface area (Å²) in [7, 11) is 3.98. The Kier molecular flexibility index (Phi) is 10.2. The lowest BCUT2D eigenvalue weighted by atomic mass is 10.1. The van der Waals surface area contributed by atoms with Crippen molar-refractivity contribution in [3.05, 3.63) is 35.9 Å². The highest BCUT2D eigenvalue weighted by Gasteiger charge is 2.15. The zero-order valence-corrected chi connectivity index (χ0v) is 17.1. The Morgan fingerprint density at radius 1 is 1.30 bits per heavy atom. The number of hydrogen-bond donors (Lipinski definition) is 2. The maximum absolute atomic E-state index is 5.67. The zero-order chi connectivity index (χ0) is 19.3. The smallest absolute Gasteiger partial charge is 0.191 e. The number of guanidine groups is 1. The van der Waals surface area contributed by atoms with E-state index in [0.717, 1.165) is 51.5 Å². The van der Waals surface area contributed by atoms with Gasteiger partial charge in [-0.3, -0.25) is 9.89 Å². The van der Waals surface area contributed by atoms with E-state index >= 15 is 0 Å². The van der Waals surface area contributed by atoms with Crippen molar-refractivity contribution in [2.45, 2.75) is 44.9 Å². The molecule has 0 saturated carbocycles. The zero-order valence-electron chi connectivity index (χ0n) is 17.1. The van der Waals surface area contributed by atoms with Crippen molar-refractivity contribution in [3.8, 4) is 0 Å². The van der Waals surface area contributed by atoms with Crippen LogP contribution < -0.4 is 10.6 Å². The second-order valence-electron chi connectivity index (χ2n) is 7.17. The highest BCUT2D eigenvalue weighted by molar-refractivity contribution is 5.79. The SMILES string of the molecule is CN=C(NCCOCC1CCCO1)NCCC(C)N(C)Cc1ccccc1. The van der Waals surface area contributed by atoms with E-state index in [0.29, 0.717) is 19.3 Å². The first-order chi connectivity index (χ1) is 13.2. The van der Waals surface area contributed by atoms with Crippen LogP contribution in [0.5, 0.6) is 0 Å². The lowest BCUT2D eigenvalue weighted by Crippen LogP contribution is -2.41. The lowest BCUT2D eigenvalue weighted by Gasteiger charge is -2.25. The Morgan fingerprint density at radius 3 is 2.78 bits per heavy atom. The first-order valence-corrected chi connectivity index (χ1v) is 10.1. The third kappa shape index (κ3) is 8.73. The molecule has 1 aromatic carbocycles. The third-order valence-corrected chi connectivity index (χ3v) is 4.97. The molecule has 1 aliphatic heterocycles. The molecular weight excluding hydrogens is 340 g/mol. The van der Waals surface area contributed by atoms with E-state index in [4.69, 9.17) is 9.47 Å². The summed E-state index contributed by atoms with van der Waals surface area (Å²) in [6, 6.07) is 11.1. The molecule has 0 bridgehead atoms. The second-order valence-corrected chi connectivity index (χ2v) is 7.17. The van der Waals surface area contributed by atoms with Crippen LogP contribution in [0.4, 0.5) is 0 Å². The molecule has 0 amide bonds. The van der Waals surface area contributed by atoms with Gasteiger partial charge in [0.2, 0.25) is 0 Å². The van der Waals surface area contributed by atoms with Gasteiger partial charge in [0.1, 0.15) is 0 Å². The minimum absolute atomic E-state index is 0.289. The Hall–Kier alpha value is -1.63. The van der Waals surface area contributed by atoms with Crippen LogP contribution in [-0.2, 0) is 16.0 Å². The molecule has 1 fully saturated rings.